The molecule has 0 atom stereocenters. The monoisotopic (exact) mass is 267 g/mol. The molecule has 1 heterocycles. The van der Waals surface area contributed by atoms with E-state index in [0.29, 0.717) is 5.89 Å². The first kappa shape index (κ1) is 10.8. The summed E-state index contributed by atoms with van der Waals surface area (Å²) in [4.78, 5) is 4.39. The minimum atomic E-state index is 0.682. The Labute approximate surface area is 114 Å². The number of fused-ring (bicyclic) bond motifs is 5. The van der Waals surface area contributed by atoms with Crippen molar-refractivity contribution in [2.45, 2.75) is 6.92 Å². The maximum atomic E-state index is 6.13. The lowest BCUT2D eigenvalue weighted by molar-refractivity contribution is 0.564. The Balaban J connectivity index is 2.35. The number of aromatic nitrogens is 1. The van der Waals surface area contributed by atoms with E-state index in [1.54, 1.807) is 0 Å². The van der Waals surface area contributed by atoms with Crippen molar-refractivity contribution in [2.24, 2.45) is 0 Å². The molecule has 0 amide bonds. The Kier molecular flexibility index (Phi) is 2.12. The van der Waals surface area contributed by atoms with Crippen LogP contribution in [0.2, 0.25) is 5.02 Å². The van der Waals surface area contributed by atoms with Gasteiger partial charge in [0.05, 0.1) is 0 Å². The molecule has 0 radical (unpaired) electrons. The van der Waals surface area contributed by atoms with Crippen molar-refractivity contribution in [1.29, 1.82) is 0 Å². The molecule has 0 aliphatic heterocycles. The minimum absolute atomic E-state index is 0.682. The van der Waals surface area contributed by atoms with Gasteiger partial charge in [0.1, 0.15) is 5.52 Å². The molecule has 0 aliphatic rings. The highest BCUT2D eigenvalue weighted by molar-refractivity contribution is 6.32. The van der Waals surface area contributed by atoms with Crippen molar-refractivity contribution in [3.63, 3.8) is 0 Å². The van der Waals surface area contributed by atoms with Gasteiger partial charge in [-0.1, -0.05) is 35.9 Å². The first-order valence-electron chi connectivity index (χ1n) is 6.10. The highest BCUT2D eigenvalue weighted by atomic mass is 35.5. The van der Waals surface area contributed by atoms with Gasteiger partial charge in [0.25, 0.3) is 0 Å². The van der Waals surface area contributed by atoms with Crippen molar-refractivity contribution < 1.29 is 4.42 Å². The van der Waals surface area contributed by atoms with Crippen LogP contribution in [0, 0.1) is 6.92 Å². The fourth-order valence-corrected chi connectivity index (χ4v) is 2.78. The largest absolute Gasteiger partial charge is 0.440 e. The van der Waals surface area contributed by atoms with Gasteiger partial charge in [-0.25, -0.2) is 4.98 Å². The van der Waals surface area contributed by atoms with Crippen molar-refractivity contribution in [3.8, 4) is 0 Å². The maximum absolute atomic E-state index is 6.13. The second-order valence-electron chi connectivity index (χ2n) is 4.68. The zero-order chi connectivity index (χ0) is 13.0. The molecule has 0 N–H and O–H groups in total. The van der Waals surface area contributed by atoms with E-state index in [0.717, 1.165) is 37.7 Å². The molecule has 0 bridgehead atoms. The molecule has 4 rings (SSSR count). The molecule has 3 heteroatoms. The van der Waals surface area contributed by atoms with E-state index in [9.17, 15) is 0 Å². The smallest absolute Gasteiger partial charge is 0.192 e. The molecule has 19 heavy (non-hydrogen) atoms. The van der Waals surface area contributed by atoms with Crippen molar-refractivity contribution in [2.75, 3.05) is 0 Å². The molecule has 0 aliphatic carbocycles. The van der Waals surface area contributed by atoms with Crippen LogP contribution in [0.15, 0.2) is 46.9 Å². The van der Waals surface area contributed by atoms with Crippen LogP contribution in [0.1, 0.15) is 5.89 Å². The van der Waals surface area contributed by atoms with Gasteiger partial charge < -0.3 is 4.42 Å². The van der Waals surface area contributed by atoms with E-state index < -0.39 is 0 Å². The summed E-state index contributed by atoms with van der Waals surface area (Å²) in [6.07, 6.45) is 0. The van der Waals surface area contributed by atoms with Crippen LogP contribution in [-0.2, 0) is 0 Å². The van der Waals surface area contributed by atoms with Gasteiger partial charge in [-0.2, -0.15) is 0 Å². The zero-order valence-electron chi connectivity index (χ0n) is 10.3. The molecular weight excluding hydrogens is 258 g/mol. The van der Waals surface area contributed by atoms with E-state index in [2.05, 4.69) is 23.2 Å². The lowest BCUT2D eigenvalue weighted by Gasteiger charge is -2.04. The van der Waals surface area contributed by atoms with Crippen molar-refractivity contribution >= 4 is 44.2 Å². The topological polar surface area (TPSA) is 26.0 Å². The third-order valence-electron chi connectivity index (χ3n) is 3.42. The zero-order valence-corrected chi connectivity index (χ0v) is 11.0. The van der Waals surface area contributed by atoms with Crippen molar-refractivity contribution in [1.82, 2.24) is 4.98 Å². The molecule has 0 unspecified atom stereocenters. The third-order valence-corrected chi connectivity index (χ3v) is 3.66. The van der Waals surface area contributed by atoms with Gasteiger partial charge in [0, 0.05) is 17.3 Å². The number of rotatable bonds is 0. The second kappa shape index (κ2) is 3.72. The van der Waals surface area contributed by atoms with Gasteiger partial charge in [0.2, 0.25) is 0 Å². The van der Waals surface area contributed by atoms with Crippen LogP contribution >= 0.6 is 11.6 Å². The number of aryl methyl sites for hydroxylation is 1. The van der Waals surface area contributed by atoms with Crippen LogP contribution in [0.25, 0.3) is 32.6 Å². The lowest BCUT2D eigenvalue weighted by Crippen LogP contribution is -1.79. The first-order valence-corrected chi connectivity index (χ1v) is 6.48. The molecule has 92 valence electrons. The van der Waals surface area contributed by atoms with Crippen LogP contribution in [0.3, 0.4) is 0 Å². The van der Waals surface area contributed by atoms with Gasteiger partial charge >= 0.3 is 0 Å². The summed E-state index contributed by atoms with van der Waals surface area (Å²) in [5, 5.41) is 5.20. The summed E-state index contributed by atoms with van der Waals surface area (Å²) in [6, 6.07) is 14.2. The fourth-order valence-electron chi connectivity index (χ4n) is 2.61. The summed E-state index contributed by atoms with van der Waals surface area (Å²) in [5.74, 6) is 0.682. The average molecular weight is 268 g/mol. The number of hydrogen-bond donors (Lipinski definition) is 0. The summed E-state index contributed by atoms with van der Waals surface area (Å²) in [5.41, 5.74) is 1.72. The Bertz CT molecular complexity index is 940. The van der Waals surface area contributed by atoms with Gasteiger partial charge in [-0.3, -0.25) is 0 Å². The van der Waals surface area contributed by atoms with Crippen LogP contribution in [0.4, 0.5) is 0 Å². The number of nitrogens with zero attached hydrogens (tertiary/aromatic N) is 1. The normalized spacial score (nSPS) is 11.7. The lowest BCUT2D eigenvalue weighted by atomic mass is 10.0. The summed E-state index contributed by atoms with van der Waals surface area (Å²) in [7, 11) is 0. The van der Waals surface area contributed by atoms with Crippen LogP contribution in [-0.4, -0.2) is 4.98 Å². The third kappa shape index (κ3) is 1.53. The SMILES string of the molecule is Cc1nc2ccc3ccc4ccc(Cl)cc4c3c2o1. The molecule has 0 spiro atoms. The standard InChI is InChI=1S/C16H10ClNO/c1-9-18-14-7-5-11-3-2-10-4-6-12(17)8-13(10)15(11)16(14)19-9/h2-8H,1H3. The van der Waals surface area contributed by atoms with Crippen LogP contribution in [0.5, 0.6) is 0 Å². The number of oxazole rings is 1. The Morgan fingerprint density at radius 2 is 1.74 bits per heavy atom. The van der Waals surface area contributed by atoms with E-state index in [1.807, 2.05) is 31.2 Å². The predicted octanol–water partition coefficient (Wildman–Crippen LogP) is 5.10. The van der Waals surface area contributed by atoms with E-state index in [1.165, 1.54) is 0 Å². The molecular formula is C16H10ClNO. The van der Waals surface area contributed by atoms with Crippen LogP contribution < -0.4 is 0 Å². The molecule has 1 aromatic heterocycles. The van der Waals surface area contributed by atoms with E-state index >= 15 is 0 Å². The quantitative estimate of drug-likeness (QED) is 0.415. The molecule has 0 fully saturated rings. The molecule has 3 aromatic carbocycles. The average Bonchev–Trinajstić information content (AvgIpc) is 2.78. The fraction of sp³-hybridized carbons (Fsp3) is 0.0625. The van der Waals surface area contributed by atoms with Crippen molar-refractivity contribution in [3.05, 3.63) is 53.4 Å². The van der Waals surface area contributed by atoms with E-state index in [4.69, 9.17) is 16.0 Å². The minimum Gasteiger partial charge on any atom is -0.440 e. The molecule has 0 saturated carbocycles. The highest BCUT2D eigenvalue weighted by Crippen LogP contribution is 2.33. The van der Waals surface area contributed by atoms with Gasteiger partial charge in [-0.15, -0.1) is 0 Å². The first-order chi connectivity index (χ1) is 9.22. The highest BCUT2D eigenvalue weighted by Gasteiger charge is 2.10. The Morgan fingerprint density at radius 3 is 2.63 bits per heavy atom. The number of benzene rings is 3. The molecule has 0 saturated heterocycles. The Morgan fingerprint density at radius 1 is 1.00 bits per heavy atom. The number of halogens is 1. The Hall–Kier alpha value is -2.06. The second-order valence-corrected chi connectivity index (χ2v) is 5.11. The molecule has 4 aromatic rings. The van der Waals surface area contributed by atoms with Gasteiger partial charge in [0.15, 0.2) is 11.5 Å². The molecule has 2 nitrogen and oxygen atoms in total. The summed E-state index contributed by atoms with van der Waals surface area (Å²) < 4.78 is 5.77. The van der Waals surface area contributed by atoms with E-state index in [-0.39, 0.29) is 0 Å². The van der Waals surface area contributed by atoms with Gasteiger partial charge in [-0.05, 0) is 34.4 Å². The summed E-state index contributed by atoms with van der Waals surface area (Å²) >= 11 is 6.13. The number of hydrogen-bond acceptors (Lipinski definition) is 2. The maximum Gasteiger partial charge on any atom is 0.192 e. The summed E-state index contributed by atoms with van der Waals surface area (Å²) in [6.45, 7) is 1.87. The predicted molar refractivity (Wildman–Crippen MR) is 78.8 cm³/mol.